The molecule has 0 spiro atoms. The monoisotopic (exact) mass is 250 g/mol. The molecule has 1 saturated heterocycles. The van der Waals surface area contributed by atoms with Crippen molar-refractivity contribution in [2.45, 2.75) is 32.2 Å². The highest BCUT2D eigenvalue weighted by Gasteiger charge is 2.11. The minimum atomic E-state index is -0.0920. The van der Waals surface area contributed by atoms with Crippen molar-refractivity contribution in [2.75, 3.05) is 26.2 Å². The molecular weight excluding hydrogens is 227 g/mol. The smallest absolute Gasteiger partial charge is 0.126 e. The largest absolute Gasteiger partial charge is 0.313 e. The van der Waals surface area contributed by atoms with Crippen molar-refractivity contribution >= 4 is 0 Å². The third-order valence-corrected chi connectivity index (χ3v) is 3.60. The molecule has 0 amide bonds. The van der Waals surface area contributed by atoms with Gasteiger partial charge in [-0.3, -0.25) is 0 Å². The Morgan fingerprint density at radius 1 is 1.28 bits per heavy atom. The summed E-state index contributed by atoms with van der Waals surface area (Å²) in [6.07, 6.45) is 3.43. The Bertz CT molecular complexity index is 361. The van der Waals surface area contributed by atoms with Crippen molar-refractivity contribution in [2.24, 2.45) is 0 Å². The molecular formula is C15H23FN2. The van der Waals surface area contributed by atoms with Crippen molar-refractivity contribution in [3.8, 4) is 0 Å². The highest BCUT2D eigenvalue weighted by Crippen LogP contribution is 2.09. The second kappa shape index (κ2) is 6.86. The fraction of sp³-hybridized carbons (Fsp3) is 0.600. The minimum absolute atomic E-state index is 0.0920. The molecule has 0 aromatic heterocycles. The molecule has 1 aromatic carbocycles. The zero-order valence-electron chi connectivity index (χ0n) is 11.2. The van der Waals surface area contributed by atoms with Crippen molar-refractivity contribution < 1.29 is 4.39 Å². The number of halogens is 1. The highest BCUT2D eigenvalue weighted by atomic mass is 19.1. The summed E-state index contributed by atoms with van der Waals surface area (Å²) in [6, 6.07) is 7.37. The van der Waals surface area contributed by atoms with Gasteiger partial charge in [0.2, 0.25) is 0 Å². The van der Waals surface area contributed by atoms with Gasteiger partial charge in [-0.15, -0.1) is 0 Å². The zero-order valence-corrected chi connectivity index (χ0v) is 11.2. The number of benzene rings is 1. The molecule has 0 aliphatic carbocycles. The summed E-state index contributed by atoms with van der Waals surface area (Å²) in [7, 11) is 0. The molecule has 0 saturated carbocycles. The van der Waals surface area contributed by atoms with Crippen molar-refractivity contribution in [3.63, 3.8) is 0 Å². The van der Waals surface area contributed by atoms with Gasteiger partial charge in [-0.1, -0.05) is 18.2 Å². The molecule has 100 valence electrons. The molecule has 0 bridgehead atoms. The second-order valence-corrected chi connectivity index (χ2v) is 5.20. The van der Waals surface area contributed by atoms with E-state index in [9.17, 15) is 4.39 Å². The van der Waals surface area contributed by atoms with Gasteiger partial charge < -0.3 is 10.2 Å². The summed E-state index contributed by atoms with van der Waals surface area (Å²) in [4.78, 5) is 2.49. The number of hydrogen-bond acceptors (Lipinski definition) is 2. The Kier molecular flexibility index (Phi) is 5.14. The van der Waals surface area contributed by atoms with E-state index in [0.717, 1.165) is 25.1 Å². The van der Waals surface area contributed by atoms with Crippen LogP contribution in [-0.4, -0.2) is 37.1 Å². The van der Waals surface area contributed by atoms with Gasteiger partial charge in [0.25, 0.3) is 0 Å². The Balaban J connectivity index is 1.68. The first-order chi connectivity index (χ1) is 8.75. The molecule has 1 aliphatic rings. The maximum atomic E-state index is 13.5. The molecule has 1 N–H and O–H groups in total. The summed E-state index contributed by atoms with van der Waals surface area (Å²) in [6.45, 7) is 6.71. The summed E-state index contributed by atoms with van der Waals surface area (Å²) < 4.78 is 13.5. The minimum Gasteiger partial charge on any atom is -0.313 e. The summed E-state index contributed by atoms with van der Waals surface area (Å²) in [5.41, 5.74) is 0.804. The van der Waals surface area contributed by atoms with Crippen LogP contribution in [0.3, 0.4) is 0 Å². The molecule has 18 heavy (non-hydrogen) atoms. The summed E-state index contributed by atoms with van der Waals surface area (Å²) >= 11 is 0. The zero-order chi connectivity index (χ0) is 12.8. The average molecular weight is 250 g/mol. The van der Waals surface area contributed by atoms with Crippen LogP contribution in [0.15, 0.2) is 24.3 Å². The van der Waals surface area contributed by atoms with Gasteiger partial charge in [0.05, 0.1) is 0 Å². The third-order valence-electron chi connectivity index (χ3n) is 3.60. The first-order valence-corrected chi connectivity index (χ1v) is 6.95. The number of rotatable bonds is 6. The lowest BCUT2D eigenvalue weighted by molar-refractivity contribution is 0.328. The van der Waals surface area contributed by atoms with Gasteiger partial charge in [0.1, 0.15) is 5.82 Å². The van der Waals surface area contributed by atoms with Crippen LogP contribution in [0.2, 0.25) is 0 Å². The van der Waals surface area contributed by atoms with Gasteiger partial charge in [0.15, 0.2) is 0 Å². The van der Waals surface area contributed by atoms with Crippen LogP contribution in [0.1, 0.15) is 25.3 Å². The molecule has 2 nitrogen and oxygen atoms in total. The molecule has 1 atom stereocenters. The first kappa shape index (κ1) is 13.5. The number of hydrogen-bond donors (Lipinski definition) is 1. The number of likely N-dealkylation sites (tertiary alicyclic amines) is 1. The van der Waals surface area contributed by atoms with Crippen molar-refractivity contribution in [1.82, 2.24) is 10.2 Å². The van der Waals surface area contributed by atoms with Crippen molar-refractivity contribution in [1.29, 1.82) is 0 Å². The van der Waals surface area contributed by atoms with E-state index < -0.39 is 0 Å². The predicted molar refractivity (Wildman–Crippen MR) is 73.2 cm³/mol. The Labute approximate surface area is 109 Å². The van der Waals surface area contributed by atoms with E-state index in [0.29, 0.717) is 6.04 Å². The van der Waals surface area contributed by atoms with Gasteiger partial charge in [-0.25, -0.2) is 4.39 Å². The first-order valence-electron chi connectivity index (χ1n) is 6.95. The fourth-order valence-corrected chi connectivity index (χ4v) is 2.54. The molecule has 1 heterocycles. The molecule has 0 radical (unpaired) electrons. The molecule has 1 unspecified atom stereocenters. The molecule has 3 heteroatoms. The molecule has 1 aromatic rings. The Morgan fingerprint density at radius 3 is 2.72 bits per heavy atom. The van der Waals surface area contributed by atoms with Gasteiger partial charge in [-0.05, 0) is 50.9 Å². The van der Waals surface area contributed by atoms with Crippen LogP contribution in [-0.2, 0) is 6.42 Å². The van der Waals surface area contributed by atoms with Crippen LogP contribution < -0.4 is 5.32 Å². The van der Waals surface area contributed by atoms with E-state index in [1.54, 1.807) is 6.07 Å². The number of nitrogens with one attached hydrogen (secondary N) is 1. The van der Waals surface area contributed by atoms with Crippen LogP contribution >= 0.6 is 0 Å². The van der Waals surface area contributed by atoms with E-state index in [4.69, 9.17) is 0 Å². The van der Waals surface area contributed by atoms with E-state index in [1.165, 1.54) is 32.0 Å². The van der Waals surface area contributed by atoms with Crippen LogP contribution in [0.4, 0.5) is 4.39 Å². The molecule has 1 fully saturated rings. The Morgan fingerprint density at radius 2 is 2.00 bits per heavy atom. The lowest BCUT2D eigenvalue weighted by atomic mass is 10.1. The second-order valence-electron chi connectivity index (χ2n) is 5.20. The van der Waals surface area contributed by atoms with Gasteiger partial charge >= 0.3 is 0 Å². The SMILES string of the molecule is CC(Cc1ccccc1F)NCCN1CCCC1. The van der Waals surface area contributed by atoms with E-state index in [-0.39, 0.29) is 5.82 Å². The summed E-state index contributed by atoms with van der Waals surface area (Å²) in [5.74, 6) is -0.0920. The maximum absolute atomic E-state index is 13.5. The van der Waals surface area contributed by atoms with E-state index >= 15 is 0 Å². The maximum Gasteiger partial charge on any atom is 0.126 e. The van der Waals surface area contributed by atoms with E-state index in [2.05, 4.69) is 17.1 Å². The number of nitrogens with zero attached hydrogens (tertiary/aromatic N) is 1. The summed E-state index contributed by atoms with van der Waals surface area (Å²) in [5, 5.41) is 3.48. The molecule has 2 rings (SSSR count). The highest BCUT2D eigenvalue weighted by molar-refractivity contribution is 5.18. The predicted octanol–water partition coefficient (Wildman–Crippen LogP) is 2.44. The third kappa shape index (κ3) is 4.07. The van der Waals surface area contributed by atoms with Crippen LogP contribution in [0.25, 0.3) is 0 Å². The van der Waals surface area contributed by atoms with Crippen LogP contribution in [0.5, 0.6) is 0 Å². The lowest BCUT2D eigenvalue weighted by Crippen LogP contribution is -2.35. The fourth-order valence-electron chi connectivity index (χ4n) is 2.54. The standard InChI is InChI=1S/C15H23FN2/c1-13(12-14-6-2-3-7-15(14)16)17-8-11-18-9-4-5-10-18/h2-3,6-7,13,17H,4-5,8-12H2,1H3. The van der Waals surface area contributed by atoms with Crippen LogP contribution in [0, 0.1) is 5.82 Å². The van der Waals surface area contributed by atoms with Gasteiger partial charge in [0, 0.05) is 19.1 Å². The quantitative estimate of drug-likeness (QED) is 0.834. The Hall–Kier alpha value is -0.930. The normalized spacial score (nSPS) is 18.1. The average Bonchev–Trinajstić information content (AvgIpc) is 2.85. The van der Waals surface area contributed by atoms with E-state index in [1.807, 2.05) is 12.1 Å². The van der Waals surface area contributed by atoms with Crippen molar-refractivity contribution in [3.05, 3.63) is 35.6 Å². The molecule has 1 aliphatic heterocycles. The topological polar surface area (TPSA) is 15.3 Å². The lowest BCUT2D eigenvalue weighted by Gasteiger charge is -2.18. The van der Waals surface area contributed by atoms with Gasteiger partial charge in [-0.2, -0.15) is 0 Å².